The van der Waals surface area contributed by atoms with Crippen molar-refractivity contribution >= 4 is 11.7 Å². The number of hydrogen-bond acceptors (Lipinski definition) is 3. The Morgan fingerprint density at radius 1 is 1.42 bits per heavy atom. The van der Waals surface area contributed by atoms with Gasteiger partial charge in [-0.3, -0.25) is 4.79 Å². The fourth-order valence-corrected chi connectivity index (χ4v) is 2.79. The molecule has 0 spiro atoms. The quantitative estimate of drug-likeness (QED) is 0.879. The number of rotatable bonds is 3. The number of nitrogens with one attached hydrogen (secondary N) is 2. The maximum absolute atomic E-state index is 12.4. The third-order valence-corrected chi connectivity index (χ3v) is 4.10. The summed E-state index contributed by atoms with van der Waals surface area (Å²) in [4.78, 5) is 16.6. The van der Waals surface area contributed by atoms with Crippen molar-refractivity contribution in [3.63, 3.8) is 0 Å². The zero-order valence-electron chi connectivity index (χ0n) is 12.0. The number of aromatic nitrogens is 1. The van der Waals surface area contributed by atoms with E-state index in [0.29, 0.717) is 11.4 Å². The predicted molar refractivity (Wildman–Crippen MR) is 77.3 cm³/mol. The molecule has 1 aliphatic rings. The number of carbonyl (C=O) groups is 1. The van der Waals surface area contributed by atoms with E-state index in [9.17, 15) is 4.79 Å². The molecule has 19 heavy (non-hydrogen) atoms. The van der Waals surface area contributed by atoms with Crippen molar-refractivity contribution in [1.29, 1.82) is 0 Å². The fourth-order valence-electron chi connectivity index (χ4n) is 2.79. The first kappa shape index (κ1) is 13.8. The molecule has 1 atom stereocenters. The van der Waals surface area contributed by atoms with Gasteiger partial charge in [-0.2, -0.15) is 0 Å². The van der Waals surface area contributed by atoms with Gasteiger partial charge in [-0.1, -0.05) is 26.7 Å². The highest BCUT2D eigenvalue weighted by atomic mass is 16.1. The van der Waals surface area contributed by atoms with E-state index in [1.165, 1.54) is 19.3 Å². The van der Waals surface area contributed by atoms with Gasteiger partial charge in [0, 0.05) is 19.3 Å². The van der Waals surface area contributed by atoms with Gasteiger partial charge in [-0.05, 0) is 30.4 Å². The molecule has 4 heteroatoms. The topological polar surface area (TPSA) is 54.0 Å². The van der Waals surface area contributed by atoms with Gasteiger partial charge in [0.2, 0.25) is 0 Å². The van der Waals surface area contributed by atoms with E-state index in [2.05, 4.69) is 29.5 Å². The second-order valence-corrected chi connectivity index (χ2v) is 5.91. The molecule has 1 heterocycles. The molecule has 0 aliphatic heterocycles. The average Bonchev–Trinajstić information content (AvgIpc) is 2.41. The van der Waals surface area contributed by atoms with E-state index in [1.807, 2.05) is 6.07 Å². The third-order valence-electron chi connectivity index (χ3n) is 4.10. The normalized spacial score (nSPS) is 21.7. The van der Waals surface area contributed by atoms with Crippen molar-refractivity contribution in [2.75, 3.05) is 12.4 Å². The average molecular weight is 261 g/mol. The molecular formula is C15H23N3O. The molecule has 2 rings (SSSR count). The predicted octanol–water partition coefficient (Wildman–Crippen LogP) is 2.82. The van der Waals surface area contributed by atoms with Crippen LogP contribution in [0.4, 0.5) is 5.82 Å². The van der Waals surface area contributed by atoms with Gasteiger partial charge in [-0.25, -0.2) is 4.98 Å². The minimum Gasteiger partial charge on any atom is -0.372 e. The van der Waals surface area contributed by atoms with E-state index in [1.54, 1.807) is 19.3 Å². The van der Waals surface area contributed by atoms with E-state index in [0.717, 1.165) is 6.42 Å². The van der Waals surface area contributed by atoms with Gasteiger partial charge in [0.1, 0.15) is 5.82 Å². The number of anilines is 1. The molecule has 104 valence electrons. The lowest BCUT2D eigenvalue weighted by atomic mass is 9.73. The Bertz CT molecular complexity index is 456. The zero-order chi connectivity index (χ0) is 13.9. The van der Waals surface area contributed by atoms with Gasteiger partial charge >= 0.3 is 0 Å². The van der Waals surface area contributed by atoms with Crippen LogP contribution in [0.25, 0.3) is 0 Å². The smallest absolute Gasteiger partial charge is 0.255 e. The first-order chi connectivity index (χ1) is 9.04. The number of carbonyl (C=O) groups excluding carboxylic acids is 1. The van der Waals surface area contributed by atoms with Crippen molar-refractivity contribution < 1.29 is 4.79 Å². The van der Waals surface area contributed by atoms with Crippen molar-refractivity contribution in [3.05, 3.63) is 23.9 Å². The molecule has 0 bridgehead atoms. The van der Waals surface area contributed by atoms with Crippen molar-refractivity contribution in [2.24, 2.45) is 5.41 Å². The molecular weight excluding hydrogens is 238 g/mol. The summed E-state index contributed by atoms with van der Waals surface area (Å²) in [5.74, 6) is 0.603. The van der Waals surface area contributed by atoms with E-state index in [4.69, 9.17) is 0 Å². The van der Waals surface area contributed by atoms with Gasteiger partial charge in [-0.15, -0.1) is 0 Å². The first-order valence-corrected chi connectivity index (χ1v) is 6.98. The van der Waals surface area contributed by atoms with Crippen LogP contribution < -0.4 is 10.6 Å². The number of amides is 1. The van der Waals surface area contributed by atoms with Crippen LogP contribution in [0.2, 0.25) is 0 Å². The van der Waals surface area contributed by atoms with Gasteiger partial charge in [0.25, 0.3) is 5.91 Å². The second-order valence-electron chi connectivity index (χ2n) is 5.91. The molecule has 0 aromatic carbocycles. The summed E-state index contributed by atoms with van der Waals surface area (Å²) >= 11 is 0. The number of pyridine rings is 1. The molecule has 1 aromatic heterocycles. The molecule has 0 radical (unpaired) electrons. The van der Waals surface area contributed by atoms with Gasteiger partial charge < -0.3 is 10.6 Å². The third kappa shape index (κ3) is 3.06. The molecule has 1 unspecified atom stereocenters. The van der Waals surface area contributed by atoms with Crippen LogP contribution in [0.5, 0.6) is 0 Å². The zero-order valence-corrected chi connectivity index (χ0v) is 12.0. The van der Waals surface area contributed by atoms with Crippen LogP contribution in [0.15, 0.2) is 18.3 Å². The van der Waals surface area contributed by atoms with Crippen LogP contribution in [-0.2, 0) is 0 Å². The SMILES string of the molecule is CNc1ncccc1C(=O)NC1CCCCC1(C)C. The highest BCUT2D eigenvalue weighted by Gasteiger charge is 2.33. The van der Waals surface area contributed by atoms with Crippen LogP contribution >= 0.6 is 0 Å². The van der Waals surface area contributed by atoms with Crippen molar-refractivity contribution in [2.45, 2.75) is 45.6 Å². The molecule has 4 nitrogen and oxygen atoms in total. The standard InChI is InChI=1S/C15H23N3O/c1-15(2)9-5-4-8-12(15)18-14(19)11-7-6-10-17-13(11)16-3/h6-7,10,12H,4-5,8-9H2,1-3H3,(H,16,17)(H,18,19). The van der Waals surface area contributed by atoms with Crippen LogP contribution in [0.3, 0.4) is 0 Å². The minimum atomic E-state index is -0.0302. The van der Waals surface area contributed by atoms with Gasteiger partial charge in [0.15, 0.2) is 0 Å². The summed E-state index contributed by atoms with van der Waals surface area (Å²) < 4.78 is 0. The van der Waals surface area contributed by atoms with Crippen molar-refractivity contribution in [1.82, 2.24) is 10.3 Å². The minimum absolute atomic E-state index is 0.0302. The highest BCUT2D eigenvalue weighted by molar-refractivity contribution is 5.98. The summed E-state index contributed by atoms with van der Waals surface area (Å²) in [6.07, 6.45) is 6.37. The summed E-state index contributed by atoms with van der Waals surface area (Å²) in [6.45, 7) is 4.47. The monoisotopic (exact) mass is 261 g/mol. The van der Waals surface area contributed by atoms with Crippen LogP contribution in [0, 0.1) is 5.41 Å². The largest absolute Gasteiger partial charge is 0.372 e. The Labute approximate surface area is 115 Å². The molecule has 1 amide bonds. The summed E-state index contributed by atoms with van der Waals surface area (Å²) in [7, 11) is 1.78. The molecule has 1 aromatic rings. The van der Waals surface area contributed by atoms with Crippen LogP contribution in [0.1, 0.15) is 49.9 Å². The lowest BCUT2D eigenvalue weighted by Crippen LogP contribution is -2.46. The molecule has 1 fully saturated rings. The lowest BCUT2D eigenvalue weighted by molar-refractivity contribution is 0.0854. The number of nitrogens with zero attached hydrogens (tertiary/aromatic N) is 1. The summed E-state index contributed by atoms with van der Waals surface area (Å²) in [6, 6.07) is 3.85. The second kappa shape index (κ2) is 5.59. The van der Waals surface area contributed by atoms with E-state index < -0.39 is 0 Å². The van der Waals surface area contributed by atoms with Gasteiger partial charge in [0.05, 0.1) is 5.56 Å². The summed E-state index contributed by atoms with van der Waals surface area (Å²) in [5, 5.41) is 6.14. The van der Waals surface area contributed by atoms with Crippen LogP contribution in [-0.4, -0.2) is 24.0 Å². The maximum atomic E-state index is 12.4. The Kier molecular flexibility index (Phi) is 4.08. The Morgan fingerprint density at radius 3 is 2.89 bits per heavy atom. The van der Waals surface area contributed by atoms with E-state index >= 15 is 0 Å². The molecule has 0 saturated heterocycles. The van der Waals surface area contributed by atoms with E-state index in [-0.39, 0.29) is 17.4 Å². The lowest BCUT2D eigenvalue weighted by Gasteiger charge is -2.39. The maximum Gasteiger partial charge on any atom is 0.255 e. The Hall–Kier alpha value is -1.58. The number of hydrogen-bond donors (Lipinski definition) is 2. The molecule has 1 saturated carbocycles. The first-order valence-electron chi connectivity index (χ1n) is 6.98. The summed E-state index contributed by atoms with van der Waals surface area (Å²) in [5.41, 5.74) is 0.794. The highest BCUT2D eigenvalue weighted by Crippen LogP contribution is 2.35. The molecule has 2 N–H and O–H groups in total. The van der Waals surface area contributed by atoms with Crippen molar-refractivity contribution in [3.8, 4) is 0 Å². The fraction of sp³-hybridized carbons (Fsp3) is 0.600. The molecule has 1 aliphatic carbocycles. The Balaban J connectivity index is 2.12. The Morgan fingerprint density at radius 2 is 2.21 bits per heavy atom.